The number of rotatable bonds is 10. The number of thiophene rings is 1. The van der Waals surface area contributed by atoms with Gasteiger partial charge in [-0.05, 0) is 39.0 Å². The molecule has 33 heavy (non-hydrogen) atoms. The first-order valence-electron chi connectivity index (χ1n) is 10.7. The molecule has 0 radical (unpaired) electrons. The van der Waals surface area contributed by atoms with E-state index in [0.717, 1.165) is 6.42 Å². The SMILES string of the molecule is CCCCOC(=O)C1=C(C(=O)N(C(=O)CCl)c2c(F)sc(CC(=O)OCC)c2Cl)CCCC1. The Balaban J connectivity index is 2.47. The third-order valence-corrected chi connectivity index (χ3v) is 6.67. The zero-order chi connectivity index (χ0) is 24.5. The van der Waals surface area contributed by atoms with Crippen LogP contribution in [0.1, 0.15) is 57.2 Å². The summed E-state index contributed by atoms with van der Waals surface area (Å²) in [6, 6.07) is 0. The summed E-state index contributed by atoms with van der Waals surface area (Å²) in [7, 11) is 0. The summed E-state index contributed by atoms with van der Waals surface area (Å²) >= 11 is 12.6. The van der Waals surface area contributed by atoms with Crippen molar-refractivity contribution in [2.75, 3.05) is 24.0 Å². The van der Waals surface area contributed by atoms with Crippen LogP contribution < -0.4 is 4.90 Å². The van der Waals surface area contributed by atoms with E-state index in [-0.39, 0.29) is 47.1 Å². The second-order valence-electron chi connectivity index (χ2n) is 7.26. The van der Waals surface area contributed by atoms with Gasteiger partial charge < -0.3 is 9.47 Å². The van der Waals surface area contributed by atoms with Gasteiger partial charge in [0, 0.05) is 16.0 Å². The molecule has 2 rings (SSSR count). The van der Waals surface area contributed by atoms with E-state index >= 15 is 0 Å². The Kier molecular flexibility index (Phi) is 10.8. The van der Waals surface area contributed by atoms with Gasteiger partial charge in [-0.15, -0.1) is 22.9 Å². The molecule has 182 valence electrons. The van der Waals surface area contributed by atoms with Crippen LogP contribution in [0.15, 0.2) is 11.1 Å². The number of unbranched alkanes of at least 4 members (excludes halogenated alkanes) is 1. The Hall–Kier alpha value is -1.97. The predicted octanol–water partition coefficient (Wildman–Crippen LogP) is 4.96. The number of amides is 2. The molecule has 0 atom stereocenters. The van der Waals surface area contributed by atoms with Gasteiger partial charge in [-0.2, -0.15) is 4.39 Å². The van der Waals surface area contributed by atoms with Gasteiger partial charge >= 0.3 is 11.9 Å². The summed E-state index contributed by atoms with van der Waals surface area (Å²) in [5.41, 5.74) is -0.226. The number of carbonyl (C=O) groups excluding carboxylic acids is 4. The Bertz CT molecular complexity index is 946. The van der Waals surface area contributed by atoms with E-state index in [1.54, 1.807) is 6.92 Å². The second-order valence-corrected chi connectivity index (χ2v) is 8.97. The van der Waals surface area contributed by atoms with Crippen molar-refractivity contribution in [1.82, 2.24) is 0 Å². The van der Waals surface area contributed by atoms with Crippen LogP contribution in [-0.2, 0) is 35.1 Å². The van der Waals surface area contributed by atoms with Crippen molar-refractivity contribution in [1.29, 1.82) is 0 Å². The molecule has 0 unspecified atom stereocenters. The van der Waals surface area contributed by atoms with E-state index < -0.39 is 40.5 Å². The van der Waals surface area contributed by atoms with Crippen molar-refractivity contribution >= 4 is 64.0 Å². The summed E-state index contributed by atoms with van der Waals surface area (Å²) in [5.74, 6) is -3.64. The molecule has 11 heteroatoms. The smallest absolute Gasteiger partial charge is 0.334 e. The van der Waals surface area contributed by atoms with Crippen molar-refractivity contribution in [2.45, 2.75) is 58.8 Å². The number of anilines is 1. The van der Waals surface area contributed by atoms with Crippen LogP contribution in [0.5, 0.6) is 0 Å². The number of hydrogen-bond donors (Lipinski definition) is 0. The van der Waals surface area contributed by atoms with Crippen LogP contribution in [0.2, 0.25) is 5.02 Å². The second kappa shape index (κ2) is 13.1. The first-order valence-corrected chi connectivity index (χ1v) is 12.4. The molecule has 2 amide bonds. The summed E-state index contributed by atoms with van der Waals surface area (Å²) in [5, 5.41) is -1.17. The molecule has 0 N–H and O–H groups in total. The monoisotopic (exact) mass is 521 g/mol. The Morgan fingerprint density at radius 3 is 2.36 bits per heavy atom. The lowest BCUT2D eigenvalue weighted by atomic mass is 9.90. The molecular weight excluding hydrogens is 496 g/mol. The van der Waals surface area contributed by atoms with Gasteiger partial charge in [-0.3, -0.25) is 14.4 Å². The molecule has 0 bridgehead atoms. The van der Waals surface area contributed by atoms with Gasteiger partial charge in [-0.25, -0.2) is 9.69 Å². The Morgan fingerprint density at radius 2 is 1.76 bits per heavy atom. The van der Waals surface area contributed by atoms with Crippen LogP contribution in [0.4, 0.5) is 10.1 Å². The highest BCUT2D eigenvalue weighted by molar-refractivity contribution is 7.11. The van der Waals surface area contributed by atoms with Crippen LogP contribution >= 0.6 is 34.5 Å². The molecule has 1 heterocycles. The molecule has 0 spiro atoms. The topological polar surface area (TPSA) is 90.0 Å². The van der Waals surface area contributed by atoms with Gasteiger partial charge in [0.25, 0.3) is 5.91 Å². The Morgan fingerprint density at radius 1 is 1.09 bits per heavy atom. The number of carbonyl (C=O) groups is 4. The van der Waals surface area contributed by atoms with Crippen molar-refractivity contribution in [2.24, 2.45) is 0 Å². The summed E-state index contributed by atoms with van der Waals surface area (Å²) < 4.78 is 25.1. The minimum Gasteiger partial charge on any atom is -0.466 e. The molecule has 1 aliphatic rings. The van der Waals surface area contributed by atoms with E-state index in [9.17, 15) is 23.6 Å². The lowest BCUT2D eigenvalue weighted by Gasteiger charge is -2.25. The van der Waals surface area contributed by atoms with Crippen LogP contribution in [-0.4, -0.2) is 42.8 Å². The van der Waals surface area contributed by atoms with Crippen molar-refractivity contribution < 1.29 is 33.0 Å². The number of hydrogen-bond acceptors (Lipinski definition) is 7. The molecule has 0 aliphatic heterocycles. The predicted molar refractivity (Wildman–Crippen MR) is 124 cm³/mol. The number of halogens is 3. The highest BCUT2D eigenvalue weighted by atomic mass is 35.5. The molecule has 1 aromatic heterocycles. The molecule has 0 aromatic carbocycles. The number of alkyl halides is 1. The molecule has 0 saturated carbocycles. The fourth-order valence-electron chi connectivity index (χ4n) is 3.36. The van der Waals surface area contributed by atoms with Gasteiger partial charge in [0.05, 0.1) is 24.7 Å². The lowest BCUT2D eigenvalue weighted by Crippen LogP contribution is -2.40. The quantitative estimate of drug-likeness (QED) is 0.245. The van der Waals surface area contributed by atoms with Gasteiger partial charge in [-0.1, -0.05) is 24.9 Å². The standard InChI is InChI=1S/C22H26Cl2FNO6S/c1-3-5-10-32-22(30)14-9-7-6-8-13(14)21(29)26(16(27)12-23)19-18(24)15(33-20(19)25)11-17(28)31-4-2/h3-12H2,1-2H3. The van der Waals surface area contributed by atoms with E-state index in [4.69, 9.17) is 32.7 Å². The van der Waals surface area contributed by atoms with Crippen molar-refractivity contribution in [3.05, 3.63) is 26.2 Å². The van der Waals surface area contributed by atoms with Crippen molar-refractivity contribution in [3.63, 3.8) is 0 Å². The third-order valence-electron chi connectivity index (χ3n) is 4.96. The minimum absolute atomic E-state index is 0.0785. The summed E-state index contributed by atoms with van der Waals surface area (Å²) in [4.78, 5) is 51.2. The summed E-state index contributed by atoms with van der Waals surface area (Å²) in [6.45, 7) is 3.93. The minimum atomic E-state index is -0.922. The first-order chi connectivity index (χ1) is 15.8. The number of esters is 2. The Labute approximate surface area is 205 Å². The van der Waals surface area contributed by atoms with E-state index in [0.29, 0.717) is 41.9 Å². The highest BCUT2D eigenvalue weighted by Gasteiger charge is 2.36. The van der Waals surface area contributed by atoms with Crippen molar-refractivity contribution in [3.8, 4) is 0 Å². The number of imide groups is 1. The van der Waals surface area contributed by atoms with E-state index in [2.05, 4.69) is 0 Å². The molecule has 1 aromatic rings. The molecule has 7 nitrogen and oxygen atoms in total. The molecular formula is C22H26Cl2FNO6S. The van der Waals surface area contributed by atoms with E-state index in [1.165, 1.54) is 0 Å². The average molecular weight is 522 g/mol. The van der Waals surface area contributed by atoms with Crippen LogP contribution in [0.3, 0.4) is 0 Å². The maximum Gasteiger partial charge on any atom is 0.334 e. The lowest BCUT2D eigenvalue weighted by molar-refractivity contribution is -0.142. The van der Waals surface area contributed by atoms with Gasteiger partial charge in [0.2, 0.25) is 11.0 Å². The molecule has 0 fully saturated rings. The maximum absolute atomic E-state index is 14.9. The van der Waals surface area contributed by atoms with E-state index in [1.807, 2.05) is 6.92 Å². The summed E-state index contributed by atoms with van der Waals surface area (Å²) in [6.07, 6.45) is 3.02. The molecule has 0 saturated heterocycles. The maximum atomic E-state index is 14.9. The number of nitrogens with zero attached hydrogens (tertiary/aromatic N) is 1. The fraction of sp³-hybridized carbons (Fsp3) is 0.545. The molecule has 1 aliphatic carbocycles. The highest BCUT2D eigenvalue weighted by Crippen LogP contribution is 2.41. The zero-order valence-electron chi connectivity index (χ0n) is 18.5. The largest absolute Gasteiger partial charge is 0.466 e. The zero-order valence-corrected chi connectivity index (χ0v) is 20.8. The number of ether oxygens (including phenoxy) is 2. The van der Waals surface area contributed by atoms with Gasteiger partial charge in [0.15, 0.2) is 0 Å². The first kappa shape index (κ1) is 27.3. The van der Waals surface area contributed by atoms with Crippen LogP contribution in [0.25, 0.3) is 0 Å². The van der Waals surface area contributed by atoms with Gasteiger partial charge in [0.1, 0.15) is 11.6 Å². The van der Waals surface area contributed by atoms with Crippen LogP contribution in [0, 0.1) is 5.13 Å². The fourth-order valence-corrected chi connectivity index (χ4v) is 4.77. The third kappa shape index (κ3) is 6.77. The normalized spacial score (nSPS) is 13.6. The average Bonchev–Trinajstić information content (AvgIpc) is 3.06.